The Morgan fingerprint density at radius 1 is 1.44 bits per heavy atom. The quantitative estimate of drug-likeness (QED) is 0.819. The van der Waals surface area contributed by atoms with Crippen LogP contribution in [0.2, 0.25) is 0 Å². The first-order chi connectivity index (χ1) is 8.56. The molecule has 0 spiro atoms. The minimum atomic E-state index is -0.0565. The van der Waals surface area contributed by atoms with Crippen LogP contribution in [0, 0.1) is 5.92 Å². The molecule has 0 radical (unpaired) electrons. The maximum atomic E-state index is 12.1. The summed E-state index contributed by atoms with van der Waals surface area (Å²) in [4.78, 5) is 12.1. The molecule has 0 aliphatic heterocycles. The Morgan fingerprint density at radius 2 is 2.17 bits per heavy atom. The second-order valence-electron chi connectivity index (χ2n) is 4.69. The highest BCUT2D eigenvalue weighted by molar-refractivity contribution is 9.09. The lowest BCUT2D eigenvalue weighted by atomic mass is 10.0. The van der Waals surface area contributed by atoms with Gasteiger partial charge in [0.25, 0.3) is 5.91 Å². The van der Waals surface area contributed by atoms with Gasteiger partial charge in [0.05, 0.1) is 7.11 Å². The Hall–Kier alpha value is -1.03. The molecule has 1 amide bonds. The molecule has 1 aromatic carbocycles. The van der Waals surface area contributed by atoms with Gasteiger partial charge in [-0.3, -0.25) is 4.79 Å². The van der Waals surface area contributed by atoms with Crippen molar-refractivity contribution in [1.29, 1.82) is 0 Å². The summed E-state index contributed by atoms with van der Waals surface area (Å²) < 4.78 is 5.11. The lowest BCUT2D eigenvalue weighted by Crippen LogP contribution is -2.37. The van der Waals surface area contributed by atoms with E-state index in [9.17, 15) is 4.79 Å². The van der Waals surface area contributed by atoms with Crippen molar-refractivity contribution in [3.8, 4) is 5.75 Å². The fourth-order valence-electron chi connectivity index (χ4n) is 1.76. The van der Waals surface area contributed by atoms with Crippen LogP contribution in [0.5, 0.6) is 5.75 Å². The second-order valence-corrected chi connectivity index (χ2v) is 5.33. The van der Waals surface area contributed by atoms with Crippen LogP contribution in [0.15, 0.2) is 24.3 Å². The lowest BCUT2D eigenvalue weighted by Gasteiger charge is -2.18. The zero-order chi connectivity index (χ0) is 13.5. The molecule has 0 saturated carbocycles. The highest BCUT2D eigenvalue weighted by atomic mass is 79.9. The smallest absolute Gasteiger partial charge is 0.251 e. The van der Waals surface area contributed by atoms with E-state index in [0.29, 0.717) is 17.2 Å². The van der Waals surface area contributed by atoms with Gasteiger partial charge in [0.15, 0.2) is 0 Å². The van der Waals surface area contributed by atoms with Crippen LogP contribution in [0.4, 0.5) is 0 Å². The zero-order valence-corrected chi connectivity index (χ0v) is 12.7. The lowest BCUT2D eigenvalue weighted by molar-refractivity contribution is 0.0937. The average Bonchev–Trinajstić information content (AvgIpc) is 2.37. The van der Waals surface area contributed by atoms with Crippen LogP contribution in [-0.2, 0) is 0 Å². The van der Waals surface area contributed by atoms with E-state index >= 15 is 0 Å². The number of carbonyl (C=O) groups is 1. The summed E-state index contributed by atoms with van der Waals surface area (Å²) in [6.45, 7) is 4.29. The normalized spacial score (nSPS) is 12.3. The molecule has 1 rings (SSSR count). The third-order valence-electron chi connectivity index (χ3n) is 2.61. The van der Waals surface area contributed by atoms with Crippen LogP contribution in [-0.4, -0.2) is 24.4 Å². The number of alkyl halides is 1. The molecule has 1 unspecified atom stereocenters. The molecule has 0 heterocycles. The largest absolute Gasteiger partial charge is 0.497 e. The van der Waals surface area contributed by atoms with Gasteiger partial charge in [-0.15, -0.1) is 0 Å². The molecule has 100 valence electrons. The summed E-state index contributed by atoms with van der Waals surface area (Å²) in [6.07, 6.45) is 0.959. The fourth-order valence-corrected chi connectivity index (χ4v) is 2.19. The Kier molecular flexibility index (Phi) is 6.19. The van der Waals surface area contributed by atoms with Crippen molar-refractivity contribution < 1.29 is 9.53 Å². The highest BCUT2D eigenvalue weighted by Gasteiger charge is 2.14. The summed E-state index contributed by atoms with van der Waals surface area (Å²) in [7, 11) is 1.59. The van der Waals surface area contributed by atoms with Crippen molar-refractivity contribution in [2.24, 2.45) is 5.92 Å². The molecule has 18 heavy (non-hydrogen) atoms. The molecule has 1 aromatic rings. The van der Waals surface area contributed by atoms with Gasteiger partial charge >= 0.3 is 0 Å². The number of methoxy groups -OCH3 is 1. The predicted octanol–water partition coefficient (Wildman–Crippen LogP) is 3.23. The molecule has 0 aliphatic carbocycles. The topological polar surface area (TPSA) is 38.3 Å². The number of ether oxygens (including phenoxy) is 1. The van der Waals surface area contributed by atoms with E-state index in [1.165, 1.54) is 0 Å². The van der Waals surface area contributed by atoms with Crippen LogP contribution < -0.4 is 10.1 Å². The Bertz CT molecular complexity index is 393. The van der Waals surface area contributed by atoms with E-state index in [-0.39, 0.29) is 11.9 Å². The first-order valence-electron chi connectivity index (χ1n) is 6.07. The third kappa shape index (κ3) is 4.69. The van der Waals surface area contributed by atoms with E-state index in [1.54, 1.807) is 19.2 Å². The SMILES string of the molecule is COc1cccc(C(=O)NC(CBr)CC(C)C)c1. The summed E-state index contributed by atoms with van der Waals surface area (Å²) in [5.74, 6) is 1.19. The Morgan fingerprint density at radius 3 is 2.72 bits per heavy atom. The number of carbonyl (C=O) groups excluding carboxylic acids is 1. The summed E-state index contributed by atoms with van der Waals surface area (Å²) >= 11 is 3.43. The van der Waals surface area contributed by atoms with E-state index < -0.39 is 0 Å². The molecule has 0 bridgehead atoms. The molecule has 0 fully saturated rings. The molecule has 0 saturated heterocycles. The number of rotatable bonds is 6. The van der Waals surface area contributed by atoms with Crippen molar-refractivity contribution >= 4 is 21.8 Å². The van der Waals surface area contributed by atoms with Gasteiger partial charge in [-0.05, 0) is 30.5 Å². The van der Waals surface area contributed by atoms with Crippen molar-refractivity contribution in [1.82, 2.24) is 5.32 Å². The number of hydrogen-bond acceptors (Lipinski definition) is 2. The summed E-state index contributed by atoms with van der Waals surface area (Å²) in [6, 6.07) is 7.34. The summed E-state index contributed by atoms with van der Waals surface area (Å²) in [5.41, 5.74) is 0.629. The van der Waals surface area contributed by atoms with Gasteiger partial charge < -0.3 is 10.1 Å². The molecular formula is C14H20BrNO2. The van der Waals surface area contributed by atoms with Gasteiger partial charge in [-0.25, -0.2) is 0 Å². The monoisotopic (exact) mass is 313 g/mol. The van der Waals surface area contributed by atoms with Gasteiger partial charge in [0.1, 0.15) is 5.75 Å². The van der Waals surface area contributed by atoms with E-state index in [0.717, 1.165) is 11.8 Å². The average molecular weight is 314 g/mol. The number of nitrogens with one attached hydrogen (secondary N) is 1. The van der Waals surface area contributed by atoms with E-state index in [4.69, 9.17) is 4.74 Å². The number of halogens is 1. The molecular weight excluding hydrogens is 294 g/mol. The first kappa shape index (κ1) is 15.0. The molecule has 4 heteroatoms. The zero-order valence-electron chi connectivity index (χ0n) is 11.1. The van der Waals surface area contributed by atoms with Crippen molar-refractivity contribution in [3.63, 3.8) is 0 Å². The first-order valence-corrected chi connectivity index (χ1v) is 7.19. The summed E-state index contributed by atoms with van der Waals surface area (Å²) in [5, 5.41) is 3.79. The molecule has 3 nitrogen and oxygen atoms in total. The van der Waals surface area contributed by atoms with Gasteiger partial charge in [-0.2, -0.15) is 0 Å². The van der Waals surface area contributed by atoms with E-state index in [2.05, 4.69) is 35.1 Å². The van der Waals surface area contributed by atoms with Gasteiger partial charge in [0, 0.05) is 16.9 Å². The highest BCUT2D eigenvalue weighted by Crippen LogP contribution is 2.13. The predicted molar refractivity (Wildman–Crippen MR) is 77.5 cm³/mol. The fraction of sp³-hybridized carbons (Fsp3) is 0.500. The number of hydrogen-bond donors (Lipinski definition) is 1. The van der Waals surface area contributed by atoms with Crippen molar-refractivity contribution in [3.05, 3.63) is 29.8 Å². The maximum absolute atomic E-state index is 12.1. The minimum Gasteiger partial charge on any atom is -0.497 e. The third-order valence-corrected chi connectivity index (χ3v) is 3.39. The van der Waals surface area contributed by atoms with Crippen LogP contribution in [0.1, 0.15) is 30.6 Å². The maximum Gasteiger partial charge on any atom is 0.251 e. The van der Waals surface area contributed by atoms with Gasteiger partial charge in [-0.1, -0.05) is 35.8 Å². The minimum absolute atomic E-state index is 0.0565. The van der Waals surface area contributed by atoms with E-state index in [1.807, 2.05) is 12.1 Å². The van der Waals surface area contributed by atoms with Crippen molar-refractivity contribution in [2.75, 3.05) is 12.4 Å². The Balaban J connectivity index is 2.68. The number of benzene rings is 1. The van der Waals surface area contributed by atoms with Crippen molar-refractivity contribution in [2.45, 2.75) is 26.3 Å². The molecule has 1 atom stereocenters. The van der Waals surface area contributed by atoms with Gasteiger partial charge in [0.2, 0.25) is 0 Å². The van der Waals surface area contributed by atoms with Crippen LogP contribution >= 0.6 is 15.9 Å². The van der Waals surface area contributed by atoms with Crippen LogP contribution in [0.3, 0.4) is 0 Å². The Labute approximate surface area is 117 Å². The number of amides is 1. The second kappa shape index (κ2) is 7.41. The standard InChI is InChI=1S/C14H20BrNO2/c1-10(2)7-12(9-15)16-14(17)11-5-4-6-13(8-11)18-3/h4-6,8,10,12H,7,9H2,1-3H3,(H,16,17). The van der Waals surface area contributed by atoms with Crippen LogP contribution in [0.25, 0.3) is 0 Å². The molecule has 0 aliphatic rings. The molecule has 0 aromatic heterocycles. The molecule has 1 N–H and O–H groups in total.